The van der Waals surface area contributed by atoms with E-state index in [1.165, 1.54) is 11.1 Å². The van der Waals surface area contributed by atoms with Gasteiger partial charge in [-0.25, -0.2) is 0 Å². The number of nitrogens with zero attached hydrogens (tertiary/aromatic N) is 3. The molecule has 0 saturated heterocycles. The first-order valence-corrected chi connectivity index (χ1v) is 15.7. The first-order chi connectivity index (χ1) is 22.0. The second-order valence-electron chi connectivity index (χ2n) is 11.2. The molecule has 0 radical (unpaired) electrons. The molecule has 0 bridgehead atoms. The van der Waals surface area contributed by atoms with Gasteiger partial charge in [0, 0.05) is 29.8 Å². The second-order valence-corrected chi connectivity index (χ2v) is 12.3. The van der Waals surface area contributed by atoms with Gasteiger partial charge in [0.15, 0.2) is 5.75 Å². The van der Waals surface area contributed by atoms with Crippen molar-refractivity contribution >= 4 is 30.4 Å². The SMILES string of the molecule is C=N/C=C(\C=NCc1ccccc1)N(C)c1cccc2c1Oc1ccccc1S2.CC1(C)c2ccccc2Oc2ccccc21. The van der Waals surface area contributed by atoms with Crippen LogP contribution in [-0.4, -0.2) is 20.0 Å². The Morgan fingerprint density at radius 2 is 1.33 bits per heavy atom. The van der Waals surface area contributed by atoms with Crippen LogP contribution in [0.25, 0.3) is 0 Å². The summed E-state index contributed by atoms with van der Waals surface area (Å²) in [5, 5.41) is 0. The molecule has 5 nitrogen and oxygen atoms in total. The Balaban J connectivity index is 0.000000187. The van der Waals surface area contributed by atoms with Crippen molar-refractivity contribution in [2.45, 2.75) is 35.6 Å². The first kappa shape index (κ1) is 30.0. The molecule has 0 unspecified atom stereocenters. The fourth-order valence-electron chi connectivity index (χ4n) is 5.47. The molecule has 5 aromatic rings. The van der Waals surface area contributed by atoms with Crippen molar-refractivity contribution in [2.24, 2.45) is 9.98 Å². The van der Waals surface area contributed by atoms with Gasteiger partial charge >= 0.3 is 0 Å². The molecule has 0 fully saturated rings. The molecule has 0 amide bonds. The third-order valence-corrected chi connectivity index (χ3v) is 8.99. The van der Waals surface area contributed by atoms with E-state index in [9.17, 15) is 0 Å². The van der Waals surface area contributed by atoms with Crippen molar-refractivity contribution in [3.05, 3.63) is 150 Å². The average molecular weight is 610 g/mol. The van der Waals surface area contributed by atoms with E-state index in [0.717, 1.165) is 49.7 Å². The van der Waals surface area contributed by atoms with E-state index in [1.54, 1.807) is 18.0 Å². The van der Waals surface area contributed by atoms with Crippen LogP contribution >= 0.6 is 11.8 Å². The van der Waals surface area contributed by atoms with Crippen LogP contribution in [0.5, 0.6) is 23.0 Å². The molecule has 0 spiro atoms. The number of anilines is 1. The summed E-state index contributed by atoms with van der Waals surface area (Å²) in [6.07, 6.45) is 3.53. The Labute approximate surface area is 269 Å². The Morgan fingerprint density at radius 3 is 2.02 bits per heavy atom. The summed E-state index contributed by atoms with van der Waals surface area (Å²) >= 11 is 1.71. The lowest BCUT2D eigenvalue weighted by Gasteiger charge is -2.34. The minimum Gasteiger partial charge on any atom is -0.457 e. The molecule has 2 aliphatic heterocycles. The minimum atomic E-state index is 0.0193. The Hall–Kier alpha value is -5.07. The van der Waals surface area contributed by atoms with Crippen molar-refractivity contribution < 1.29 is 9.47 Å². The molecule has 2 heterocycles. The quantitative estimate of drug-likeness (QED) is 0.176. The molecule has 5 aromatic carbocycles. The highest BCUT2D eigenvalue weighted by molar-refractivity contribution is 7.99. The highest BCUT2D eigenvalue weighted by atomic mass is 32.2. The lowest BCUT2D eigenvalue weighted by atomic mass is 9.76. The molecule has 224 valence electrons. The number of fused-ring (bicyclic) bond motifs is 4. The van der Waals surface area contributed by atoms with Crippen LogP contribution in [0.3, 0.4) is 0 Å². The number of allylic oxidation sites excluding steroid dienone is 1. The van der Waals surface area contributed by atoms with E-state index in [4.69, 9.17) is 9.47 Å². The van der Waals surface area contributed by atoms with E-state index in [0.29, 0.717) is 6.54 Å². The van der Waals surface area contributed by atoms with Gasteiger partial charge in [0.25, 0.3) is 0 Å². The zero-order valence-corrected chi connectivity index (χ0v) is 26.5. The number of para-hydroxylation sites is 4. The Kier molecular flexibility index (Phi) is 8.85. The number of rotatable bonds is 6. The predicted octanol–water partition coefficient (Wildman–Crippen LogP) is 10.3. The van der Waals surface area contributed by atoms with Crippen molar-refractivity contribution in [2.75, 3.05) is 11.9 Å². The van der Waals surface area contributed by atoms with Crippen molar-refractivity contribution in [3.63, 3.8) is 0 Å². The zero-order valence-electron chi connectivity index (χ0n) is 25.7. The molecule has 7 rings (SSSR count). The maximum Gasteiger partial charge on any atom is 0.165 e. The van der Waals surface area contributed by atoms with E-state index in [1.807, 2.05) is 91.0 Å². The van der Waals surface area contributed by atoms with Crippen LogP contribution in [0.2, 0.25) is 0 Å². The standard InChI is InChI=1S/C24H21N3OS.C15H14O/c1-25-16-19(17-26-15-18-9-4-3-5-10-18)27(2)20-11-8-14-23-24(20)28-21-12-6-7-13-22(21)29-23;1-15(2)11-7-3-5-9-13(11)16-14-10-6-4-8-12(14)15/h3-14,16-17H,1,15H2,2H3;3-10H,1-2H3/b19-16+,26-17?;. The molecule has 0 aliphatic carbocycles. The number of hydrogen-bond acceptors (Lipinski definition) is 6. The topological polar surface area (TPSA) is 46.4 Å². The van der Waals surface area contributed by atoms with E-state index >= 15 is 0 Å². The van der Waals surface area contributed by atoms with Gasteiger partial charge in [-0.2, -0.15) is 0 Å². The summed E-state index contributed by atoms with van der Waals surface area (Å²) in [4.78, 5) is 12.8. The Bertz CT molecular complexity index is 1830. The summed E-state index contributed by atoms with van der Waals surface area (Å²) in [7, 11) is 1.98. The van der Waals surface area contributed by atoms with Crippen molar-refractivity contribution in [1.29, 1.82) is 0 Å². The summed E-state index contributed by atoms with van der Waals surface area (Å²) < 4.78 is 12.2. The van der Waals surface area contributed by atoms with Gasteiger partial charge in [-0.3, -0.25) is 9.98 Å². The lowest BCUT2D eigenvalue weighted by Crippen LogP contribution is -2.23. The largest absolute Gasteiger partial charge is 0.457 e. The van der Waals surface area contributed by atoms with Gasteiger partial charge in [0.05, 0.1) is 33.9 Å². The second kappa shape index (κ2) is 13.3. The molecule has 2 aliphatic rings. The van der Waals surface area contributed by atoms with Gasteiger partial charge in [-0.05, 0) is 48.7 Å². The monoisotopic (exact) mass is 609 g/mol. The van der Waals surface area contributed by atoms with E-state index in [-0.39, 0.29) is 5.41 Å². The smallest absolute Gasteiger partial charge is 0.165 e. The van der Waals surface area contributed by atoms with Crippen LogP contribution in [0.15, 0.2) is 153 Å². The summed E-state index contributed by atoms with van der Waals surface area (Å²) in [5.74, 6) is 3.67. The maximum atomic E-state index is 6.25. The molecule has 0 N–H and O–H groups in total. The predicted molar refractivity (Wildman–Crippen MR) is 187 cm³/mol. The molecule has 0 aromatic heterocycles. The van der Waals surface area contributed by atoms with Crippen LogP contribution in [0, 0.1) is 0 Å². The first-order valence-electron chi connectivity index (χ1n) is 14.8. The minimum absolute atomic E-state index is 0.0193. The van der Waals surface area contributed by atoms with Gasteiger partial charge in [0.2, 0.25) is 0 Å². The van der Waals surface area contributed by atoms with Gasteiger partial charge < -0.3 is 14.4 Å². The van der Waals surface area contributed by atoms with Crippen LogP contribution in [0.1, 0.15) is 30.5 Å². The van der Waals surface area contributed by atoms with Gasteiger partial charge in [-0.1, -0.05) is 111 Å². The van der Waals surface area contributed by atoms with E-state index < -0.39 is 0 Å². The average Bonchev–Trinajstić information content (AvgIpc) is 3.07. The highest BCUT2D eigenvalue weighted by Crippen LogP contribution is 2.51. The fraction of sp³-hybridized carbons (Fsp3) is 0.128. The third kappa shape index (κ3) is 6.42. The lowest BCUT2D eigenvalue weighted by molar-refractivity contribution is 0.418. The fourth-order valence-corrected chi connectivity index (χ4v) is 6.45. The molecular weight excluding hydrogens is 575 g/mol. The highest BCUT2D eigenvalue weighted by Gasteiger charge is 2.33. The van der Waals surface area contributed by atoms with Crippen molar-refractivity contribution in [3.8, 4) is 23.0 Å². The van der Waals surface area contributed by atoms with Gasteiger partial charge in [-0.15, -0.1) is 0 Å². The molecule has 45 heavy (non-hydrogen) atoms. The molecular formula is C39H35N3O2S. The maximum absolute atomic E-state index is 6.25. The van der Waals surface area contributed by atoms with Crippen LogP contribution in [-0.2, 0) is 12.0 Å². The summed E-state index contributed by atoms with van der Waals surface area (Å²) in [5.41, 5.74) is 5.47. The molecule has 6 heteroatoms. The third-order valence-electron chi connectivity index (χ3n) is 7.89. The molecule has 0 atom stereocenters. The number of hydrogen-bond donors (Lipinski definition) is 0. The molecule has 0 saturated carbocycles. The normalized spacial score (nSPS) is 13.9. The van der Waals surface area contributed by atoms with Crippen LogP contribution in [0.4, 0.5) is 5.69 Å². The summed E-state index contributed by atoms with van der Waals surface area (Å²) in [6.45, 7) is 8.70. The Morgan fingerprint density at radius 1 is 0.733 bits per heavy atom. The number of aliphatic imine (C=N–C) groups is 2. The van der Waals surface area contributed by atoms with Crippen molar-refractivity contribution in [1.82, 2.24) is 0 Å². The number of ether oxygens (including phenoxy) is 2. The van der Waals surface area contributed by atoms with Crippen LogP contribution < -0.4 is 14.4 Å². The number of benzene rings is 5. The summed E-state index contributed by atoms with van der Waals surface area (Å²) in [6, 6.07) is 40.9. The van der Waals surface area contributed by atoms with E-state index in [2.05, 4.69) is 79.1 Å². The zero-order chi connectivity index (χ0) is 31.2. The van der Waals surface area contributed by atoms with Gasteiger partial charge in [0.1, 0.15) is 17.2 Å².